The summed E-state index contributed by atoms with van der Waals surface area (Å²) in [4.78, 5) is 19.0. The molecule has 0 saturated carbocycles. The fraction of sp³-hybridized carbons (Fsp3) is 0.667. The SMILES string of the molecule is NC(=O)C1CCN1.O=C(O)C(F)(F)F. The molecule has 14 heavy (non-hydrogen) atoms. The first-order chi connectivity index (χ1) is 6.25. The van der Waals surface area contributed by atoms with Crippen LogP contribution in [0.15, 0.2) is 0 Å². The molecule has 0 aromatic heterocycles. The molecule has 1 unspecified atom stereocenters. The van der Waals surface area contributed by atoms with Gasteiger partial charge in [0.2, 0.25) is 5.91 Å². The Kier molecular flexibility index (Phi) is 4.35. The topological polar surface area (TPSA) is 92.4 Å². The van der Waals surface area contributed by atoms with Gasteiger partial charge in [0.1, 0.15) is 0 Å². The highest BCUT2D eigenvalue weighted by atomic mass is 19.4. The van der Waals surface area contributed by atoms with E-state index < -0.39 is 12.1 Å². The first kappa shape index (κ1) is 12.7. The summed E-state index contributed by atoms with van der Waals surface area (Å²) in [5.74, 6) is -2.99. The van der Waals surface area contributed by atoms with Crippen LogP contribution in [0.2, 0.25) is 0 Å². The Bertz CT molecular complexity index is 225. The molecule has 1 fully saturated rings. The molecule has 8 heteroatoms. The second-order valence-corrected chi connectivity index (χ2v) is 2.50. The first-order valence-electron chi connectivity index (χ1n) is 3.58. The molecule has 0 aliphatic carbocycles. The molecule has 1 amide bonds. The molecule has 0 aromatic carbocycles. The van der Waals surface area contributed by atoms with E-state index >= 15 is 0 Å². The minimum atomic E-state index is -5.08. The molecule has 1 rings (SSSR count). The van der Waals surface area contributed by atoms with E-state index in [-0.39, 0.29) is 11.9 Å². The summed E-state index contributed by atoms with van der Waals surface area (Å²) in [7, 11) is 0. The third-order valence-electron chi connectivity index (χ3n) is 1.41. The number of nitrogens with two attached hydrogens (primary N) is 1. The number of primary amides is 1. The quantitative estimate of drug-likeness (QED) is 0.547. The molecule has 1 aliphatic heterocycles. The van der Waals surface area contributed by atoms with Gasteiger partial charge in [-0.3, -0.25) is 4.79 Å². The minimum absolute atomic E-state index is 0.0278. The number of halogens is 3. The van der Waals surface area contributed by atoms with Crippen molar-refractivity contribution >= 4 is 11.9 Å². The predicted molar refractivity (Wildman–Crippen MR) is 39.3 cm³/mol. The maximum atomic E-state index is 10.6. The highest BCUT2D eigenvalue weighted by molar-refractivity contribution is 5.80. The van der Waals surface area contributed by atoms with Gasteiger partial charge < -0.3 is 16.2 Å². The zero-order valence-corrected chi connectivity index (χ0v) is 6.97. The Labute approximate surface area is 77.1 Å². The maximum Gasteiger partial charge on any atom is 0.490 e. The molecule has 0 spiro atoms. The van der Waals surface area contributed by atoms with Crippen LogP contribution in [0.4, 0.5) is 13.2 Å². The summed E-state index contributed by atoms with van der Waals surface area (Å²) >= 11 is 0. The average molecular weight is 214 g/mol. The van der Waals surface area contributed by atoms with Gasteiger partial charge in [0.05, 0.1) is 6.04 Å². The largest absolute Gasteiger partial charge is 0.490 e. The molecule has 1 aliphatic rings. The predicted octanol–water partition coefficient (Wildman–Crippen LogP) is -0.533. The third kappa shape index (κ3) is 4.65. The van der Waals surface area contributed by atoms with Crippen LogP contribution < -0.4 is 11.1 Å². The van der Waals surface area contributed by atoms with Gasteiger partial charge in [-0.25, -0.2) is 4.79 Å². The molecular formula is C6H9F3N2O3. The number of hydrogen-bond acceptors (Lipinski definition) is 3. The van der Waals surface area contributed by atoms with E-state index in [9.17, 15) is 18.0 Å². The maximum absolute atomic E-state index is 10.6. The molecule has 0 aromatic rings. The second-order valence-electron chi connectivity index (χ2n) is 2.50. The summed E-state index contributed by atoms with van der Waals surface area (Å²) in [5.41, 5.74) is 4.90. The van der Waals surface area contributed by atoms with Gasteiger partial charge in [-0.2, -0.15) is 13.2 Å². The van der Waals surface area contributed by atoms with Crippen molar-refractivity contribution in [3.63, 3.8) is 0 Å². The Hall–Kier alpha value is -1.31. The number of carboxylic acid groups (broad SMARTS) is 1. The van der Waals surface area contributed by atoms with Crippen LogP contribution in [0.1, 0.15) is 6.42 Å². The Morgan fingerprint density at radius 2 is 1.79 bits per heavy atom. The summed E-state index contributed by atoms with van der Waals surface area (Å²) < 4.78 is 31.7. The van der Waals surface area contributed by atoms with Gasteiger partial charge in [0.25, 0.3) is 0 Å². The van der Waals surface area contributed by atoms with Crippen molar-refractivity contribution < 1.29 is 27.9 Å². The zero-order valence-electron chi connectivity index (χ0n) is 6.97. The zero-order chi connectivity index (χ0) is 11.4. The highest BCUT2D eigenvalue weighted by Gasteiger charge is 2.38. The number of rotatable bonds is 1. The smallest absolute Gasteiger partial charge is 0.475 e. The number of hydrogen-bond donors (Lipinski definition) is 3. The molecule has 5 nitrogen and oxygen atoms in total. The normalized spacial score (nSPS) is 20.1. The van der Waals surface area contributed by atoms with Gasteiger partial charge in [0, 0.05) is 0 Å². The van der Waals surface area contributed by atoms with Crippen LogP contribution in [0.25, 0.3) is 0 Å². The van der Waals surface area contributed by atoms with Crippen LogP contribution in [0.3, 0.4) is 0 Å². The van der Waals surface area contributed by atoms with E-state index in [1.165, 1.54) is 0 Å². The lowest BCUT2D eigenvalue weighted by atomic mass is 10.1. The number of carbonyl (C=O) groups is 2. The van der Waals surface area contributed by atoms with Gasteiger partial charge >= 0.3 is 12.1 Å². The van der Waals surface area contributed by atoms with E-state index in [4.69, 9.17) is 15.6 Å². The minimum Gasteiger partial charge on any atom is -0.475 e. The van der Waals surface area contributed by atoms with Crippen molar-refractivity contribution in [2.45, 2.75) is 18.6 Å². The van der Waals surface area contributed by atoms with Crippen molar-refractivity contribution in [1.82, 2.24) is 5.32 Å². The lowest BCUT2D eigenvalue weighted by molar-refractivity contribution is -0.192. The van der Waals surface area contributed by atoms with Crippen molar-refractivity contribution in [3.05, 3.63) is 0 Å². The highest BCUT2D eigenvalue weighted by Crippen LogP contribution is 2.13. The number of carbonyl (C=O) groups excluding carboxylic acids is 1. The summed E-state index contributed by atoms with van der Waals surface area (Å²) in [6.45, 7) is 0.938. The van der Waals surface area contributed by atoms with Crippen LogP contribution in [-0.2, 0) is 9.59 Å². The molecule has 0 bridgehead atoms. The van der Waals surface area contributed by atoms with Gasteiger partial charge in [-0.1, -0.05) is 0 Å². The fourth-order valence-corrected chi connectivity index (χ4v) is 0.532. The molecule has 82 valence electrons. The molecule has 1 atom stereocenters. The van der Waals surface area contributed by atoms with Crippen molar-refractivity contribution in [3.8, 4) is 0 Å². The van der Waals surface area contributed by atoms with Crippen LogP contribution >= 0.6 is 0 Å². The number of aliphatic carboxylic acids is 1. The molecule has 0 radical (unpaired) electrons. The van der Waals surface area contributed by atoms with Gasteiger partial charge in [0.15, 0.2) is 0 Å². The fourth-order valence-electron chi connectivity index (χ4n) is 0.532. The van der Waals surface area contributed by atoms with Crippen LogP contribution in [-0.4, -0.2) is 35.7 Å². The lowest BCUT2D eigenvalue weighted by Crippen LogP contribution is -2.51. The summed E-state index contributed by atoms with van der Waals surface area (Å²) in [5, 5.41) is 10.00. The van der Waals surface area contributed by atoms with Crippen molar-refractivity contribution in [2.75, 3.05) is 6.54 Å². The molecule has 4 N–H and O–H groups in total. The monoisotopic (exact) mass is 214 g/mol. The Balaban J connectivity index is 0.000000241. The van der Waals surface area contributed by atoms with Gasteiger partial charge in [-0.15, -0.1) is 0 Å². The molecule has 1 heterocycles. The molecule has 1 saturated heterocycles. The van der Waals surface area contributed by atoms with E-state index in [1.807, 2.05) is 0 Å². The summed E-state index contributed by atoms with van der Waals surface area (Å²) in [6, 6.07) is -0.0278. The lowest BCUT2D eigenvalue weighted by Gasteiger charge is -2.23. The Morgan fingerprint density at radius 1 is 1.43 bits per heavy atom. The standard InChI is InChI=1S/C4H8N2O.C2HF3O2/c5-4(7)3-1-2-6-3;3-2(4,5)1(6)7/h3,6H,1-2H2,(H2,5,7);(H,6,7). The van der Waals surface area contributed by atoms with Crippen LogP contribution in [0.5, 0.6) is 0 Å². The van der Waals surface area contributed by atoms with Crippen LogP contribution in [0, 0.1) is 0 Å². The van der Waals surface area contributed by atoms with E-state index in [0.29, 0.717) is 0 Å². The summed E-state index contributed by atoms with van der Waals surface area (Å²) in [6.07, 6.45) is -4.17. The van der Waals surface area contributed by atoms with Crippen molar-refractivity contribution in [1.29, 1.82) is 0 Å². The number of nitrogens with one attached hydrogen (secondary N) is 1. The van der Waals surface area contributed by atoms with E-state index in [2.05, 4.69) is 5.32 Å². The number of carboxylic acids is 1. The Morgan fingerprint density at radius 3 is 1.79 bits per heavy atom. The van der Waals surface area contributed by atoms with E-state index in [1.54, 1.807) is 0 Å². The molecular weight excluding hydrogens is 205 g/mol. The van der Waals surface area contributed by atoms with E-state index in [0.717, 1.165) is 13.0 Å². The number of amides is 1. The van der Waals surface area contributed by atoms with Crippen molar-refractivity contribution in [2.24, 2.45) is 5.73 Å². The third-order valence-corrected chi connectivity index (χ3v) is 1.41. The number of alkyl halides is 3. The average Bonchev–Trinajstić information content (AvgIpc) is 1.79. The van der Waals surface area contributed by atoms with Gasteiger partial charge in [-0.05, 0) is 13.0 Å². The second kappa shape index (κ2) is 4.80. The first-order valence-corrected chi connectivity index (χ1v) is 3.58.